The molecule has 0 bridgehead atoms. The second-order valence-electron chi connectivity index (χ2n) is 5.76. The van der Waals surface area contributed by atoms with Gasteiger partial charge in [0.2, 0.25) is 5.91 Å². The molecular weight excluding hydrogens is 260 g/mol. The van der Waals surface area contributed by atoms with Crippen molar-refractivity contribution in [1.29, 1.82) is 0 Å². The van der Waals surface area contributed by atoms with Crippen LogP contribution in [0.1, 0.15) is 12.8 Å². The van der Waals surface area contributed by atoms with Gasteiger partial charge in [-0.05, 0) is 12.8 Å². The number of hydrogen-bond donors (Lipinski definition) is 0. The lowest BCUT2D eigenvalue weighted by Gasteiger charge is -2.34. The van der Waals surface area contributed by atoms with Crippen molar-refractivity contribution in [3.63, 3.8) is 0 Å². The summed E-state index contributed by atoms with van der Waals surface area (Å²) in [5.74, 6) is 0.580. The first-order valence-corrected chi connectivity index (χ1v) is 7.47. The van der Waals surface area contributed by atoms with Gasteiger partial charge in [0.05, 0.1) is 26.4 Å². The molecule has 20 heavy (non-hydrogen) atoms. The van der Waals surface area contributed by atoms with E-state index in [2.05, 4.69) is 0 Å². The molecule has 1 atom stereocenters. The summed E-state index contributed by atoms with van der Waals surface area (Å²) in [4.78, 5) is 28.1. The molecule has 0 radical (unpaired) electrons. The number of Topliss-reactive ketones (excluding diaryl/α,β-unsaturated/α-hetero) is 1. The standard InChI is InChI=1S/C14H22N2O4/c17-13(16-4-6-19-7-5-16)10-15-3-8-20-12(9-15)14(18)11-1-2-11/h11-12H,1-10H2/t12-/m1/s1. The van der Waals surface area contributed by atoms with Crippen molar-refractivity contribution in [1.82, 2.24) is 9.80 Å². The largest absolute Gasteiger partial charge is 0.378 e. The lowest BCUT2D eigenvalue weighted by atomic mass is 10.1. The molecule has 2 heterocycles. The Kier molecular flexibility index (Phi) is 4.33. The molecule has 6 heteroatoms. The van der Waals surface area contributed by atoms with Crippen LogP contribution in [0.2, 0.25) is 0 Å². The number of morpholine rings is 2. The van der Waals surface area contributed by atoms with Gasteiger partial charge in [0.25, 0.3) is 0 Å². The van der Waals surface area contributed by atoms with Crippen molar-refractivity contribution < 1.29 is 19.1 Å². The molecule has 0 aromatic carbocycles. The minimum absolute atomic E-state index is 0.132. The Labute approximate surface area is 119 Å². The predicted molar refractivity (Wildman–Crippen MR) is 71.3 cm³/mol. The molecule has 0 spiro atoms. The van der Waals surface area contributed by atoms with E-state index in [1.54, 1.807) is 0 Å². The van der Waals surface area contributed by atoms with Crippen LogP contribution in [0.15, 0.2) is 0 Å². The molecule has 6 nitrogen and oxygen atoms in total. The van der Waals surface area contributed by atoms with E-state index in [4.69, 9.17) is 9.47 Å². The maximum absolute atomic E-state index is 12.2. The van der Waals surface area contributed by atoms with Crippen LogP contribution in [0.5, 0.6) is 0 Å². The average Bonchev–Trinajstić information content (AvgIpc) is 3.32. The zero-order valence-electron chi connectivity index (χ0n) is 11.8. The molecular formula is C14H22N2O4. The van der Waals surface area contributed by atoms with E-state index in [0.717, 1.165) is 19.4 Å². The van der Waals surface area contributed by atoms with Crippen LogP contribution in [0.4, 0.5) is 0 Å². The summed E-state index contributed by atoms with van der Waals surface area (Å²) in [5.41, 5.74) is 0. The zero-order chi connectivity index (χ0) is 13.9. The smallest absolute Gasteiger partial charge is 0.236 e. The van der Waals surface area contributed by atoms with Crippen LogP contribution in [-0.2, 0) is 19.1 Å². The molecule has 112 valence electrons. The van der Waals surface area contributed by atoms with Crippen molar-refractivity contribution in [2.75, 3.05) is 52.5 Å². The van der Waals surface area contributed by atoms with Crippen molar-refractivity contribution in [2.24, 2.45) is 5.92 Å². The second-order valence-corrected chi connectivity index (χ2v) is 5.76. The first-order chi connectivity index (χ1) is 9.74. The van der Waals surface area contributed by atoms with Gasteiger partial charge in [-0.25, -0.2) is 0 Å². The summed E-state index contributed by atoms with van der Waals surface area (Å²) < 4.78 is 10.8. The molecule has 3 rings (SSSR count). The normalized spacial score (nSPS) is 28.4. The highest BCUT2D eigenvalue weighted by Crippen LogP contribution is 2.32. The van der Waals surface area contributed by atoms with Gasteiger partial charge in [-0.15, -0.1) is 0 Å². The first kappa shape index (κ1) is 14.0. The van der Waals surface area contributed by atoms with E-state index < -0.39 is 0 Å². The van der Waals surface area contributed by atoms with Gasteiger partial charge in [-0.2, -0.15) is 0 Å². The molecule has 2 saturated heterocycles. The topological polar surface area (TPSA) is 59.1 Å². The third-order valence-corrected chi connectivity index (χ3v) is 4.17. The van der Waals surface area contributed by atoms with Gasteiger partial charge < -0.3 is 14.4 Å². The number of ketones is 1. The van der Waals surface area contributed by atoms with E-state index in [-0.39, 0.29) is 23.7 Å². The van der Waals surface area contributed by atoms with Crippen LogP contribution in [-0.4, -0.2) is 80.1 Å². The summed E-state index contributed by atoms with van der Waals surface area (Å²) >= 11 is 0. The lowest BCUT2D eigenvalue weighted by molar-refractivity contribution is -0.144. The fraction of sp³-hybridized carbons (Fsp3) is 0.857. The number of nitrogens with zero attached hydrogens (tertiary/aromatic N) is 2. The number of carbonyl (C=O) groups is 2. The van der Waals surface area contributed by atoms with Gasteiger partial charge in [-0.1, -0.05) is 0 Å². The molecule has 1 amide bonds. The van der Waals surface area contributed by atoms with Crippen LogP contribution in [0, 0.1) is 5.92 Å². The molecule has 3 fully saturated rings. The maximum atomic E-state index is 12.2. The third kappa shape index (κ3) is 3.37. The molecule has 0 aromatic rings. The lowest BCUT2D eigenvalue weighted by Crippen LogP contribution is -2.51. The number of rotatable bonds is 4. The van der Waals surface area contributed by atoms with Gasteiger partial charge in [0.15, 0.2) is 5.78 Å². The Balaban J connectivity index is 1.48. The van der Waals surface area contributed by atoms with Gasteiger partial charge in [0, 0.05) is 32.1 Å². The van der Waals surface area contributed by atoms with Gasteiger partial charge >= 0.3 is 0 Å². The van der Waals surface area contributed by atoms with E-state index >= 15 is 0 Å². The highest BCUT2D eigenvalue weighted by molar-refractivity contribution is 5.87. The van der Waals surface area contributed by atoms with E-state index in [9.17, 15) is 9.59 Å². The number of carbonyl (C=O) groups excluding carboxylic acids is 2. The fourth-order valence-corrected chi connectivity index (χ4v) is 2.75. The quantitative estimate of drug-likeness (QED) is 0.697. The number of hydrogen-bond acceptors (Lipinski definition) is 5. The fourth-order valence-electron chi connectivity index (χ4n) is 2.75. The van der Waals surface area contributed by atoms with Crippen LogP contribution >= 0.6 is 0 Å². The van der Waals surface area contributed by atoms with Crippen LogP contribution in [0.3, 0.4) is 0 Å². The summed E-state index contributed by atoms with van der Waals surface area (Å²) in [6.45, 7) is 4.81. The Morgan fingerprint density at radius 3 is 2.50 bits per heavy atom. The first-order valence-electron chi connectivity index (χ1n) is 7.47. The van der Waals surface area contributed by atoms with E-state index in [0.29, 0.717) is 46.0 Å². The molecule has 1 aliphatic carbocycles. The van der Waals surface area contributed by atoms with Crippen molar-refractivity contribution in [3.8, 4) is 0 Å². The highest BCUT2D eigenvalue weighted by atomic mass is 16.5. The van der Waals surface area contributed by atoms with Crippen LogP contribution in [0.25, 0.3) is 0 Å². The van der Waals surface area contributed by atoms with Crippen molar-refractivity contribution in [3.05, 3.63) is 0 Å². The molecule has 3 aliphatic rings. The Bertz CT molecular complexity index is 377. The van der Waals surface area contributed by atoms with Crippen LogP contribution < -0.4 is 0 Å². The molecule has 0 unspecified atom stereocenters. The maximum Gasteiger partial charge on any atom is 0.236 e. The molecule has 1 saturated carbocycles. The highest BCUT2D eigenvalue weighted by Gasteiger charge is 2.37. The molecule has 2 aliphatic heterocycles. The van der Waals surface area contributed by atoms with Gasteiger partial charge in [-0.3, -0.25) is 14.5 Å². The van der Waals surface area contributed by atoms with Gasteiger partial charge in [0.1, 0.15) is 6.10 Å². The predicted octanol–water partition coefficient (Wildman–Crippen LogP) is -0.475. The van der Waals surface area contributed by atoms with E-state index in [1.807, 2.05) is 9.80 Å². The summed E-state index contributed by atoms with van der Waals surface area (Å²) in [6.07, 6.45) is 1.69. The Morgan fingerprint density at radius 1 is 1.05 bits per heavy atom. The third-order valence-electron chi connectivity index (χ3n) is 4.17. The molecule has 0 N–H and O–H groups in total. The summed E-state index contributed by atoms with van der Waals surface area (Å²) in [7, 11) is 0. The second kappa shape index (κ2) is 6.20. The van der Waals surface area contributed by atoms with Crippen molar-refractivity contribution in [2.45, 2.75) is 18.9 Å². The Morgan fingerprint density at radius 2 is 1.80 bits per heavy atom. The monoisotopic (exact) mass is 282 g/mol. The number of amides is 1. The minimum atomic E-state index is -0.325. The number of ether oxygens (including phenoxy) is 2. The minimum Gasteiger partial charge on any atom is -0.378 e. The zero-order valence-corrected chi connectivity index (χ0v) is 11.8. The Hall–Kier alpha value is -0.980. The SMILES string of the molecule is O=C(C1CC1)[C@H]1CN(CC(=O)N2CCOCC2)CCO1. The van der Waals surface area contributed by atoms with Crippen molar-refractivity contribution >= 4 is 11.7 Å². The summed E-state index contributed by atoms with van der Waals surface area (Å²) in [5, 5.41) is 0. The van der Waals surface area contributed by atoms with E-state index in [1.165, 1.54) is 0 Å². The summed E-state index contributed by atoms with van der Waals surface area (Å²) in [6, 6.07) is 0. The molecule has 0 aromatic heterocycles. The average molecular weight is 282 g/mol.